The first-order valence-corrected chi connectivity index (χ1v) is 20.0. The third-order valence-electron chi connectivity index (χ3n) is 8.99. The fourth-order valence-corrected chi connectivity index (χ4v) is 8.10. The van der Waals surface area contributed by atoms with Crippen molar-refractivity contribution in [3.63, 3.8) is 0 Å². The van der Waals surface area contributed by atoms with Crippen molar-refractivity contribution < 1.29 is 38.1 Å². The predicted molar refractivity (Wildman–Crippen MR) is 233 cm³/mol. The molecule has 1 heterocycles. The second-order valence-corrected chi connectivity index (χ2v) is 15.0. The molecule has 0 fully saturated rings. The first-order chi connectivity index (χ1) is 28.6. The van der Waals surface area contributed by atoms with Gasteiger partial charge in [0, 0.05) is 27.1 Å². The first kappa shape index (κ1) is 41.8. The van der Waals surface area contributed by atoms with Crippen LogP contribution in [0, 0.1) is 6.92 Å². The van der Waals surface area contributed by atoms with Gasteiger partial charge < -0.3 is 34.9 Å². The van der Waals surface area contributed by atoms with Crippen molar-refractivity contribution in [3.05, 3.63) is 160 Å². The van der Waals surface area contributed by atoms with E-state index in [1.165, 1.54) is 57.6 Å². The van der Waals surface area contributed by atoms with Crippen LogP contribution in [0.2, 0.25) is 0 Å². The lowest BCUT2D eigenvalue weighted by Crippen LogP contribution is -2.30. The molecule has 0 saturated heterocycles. The Hall–Kier alpha value is -6.83. The number of hydrogen-bond acceptors (Lipinski definition) is 10. The summed E-state index contributed by atoms with van der Waals surface area (Å²) in [5.74, 6) is -0.940. The Morgan fingerprint density at radius 1 is 0.729 bits per heavy atom. The minimum absolute atomic E-state index is 0.0601. The van der Waals surface area contributed by atoms with E-state index in [2.05, 4.69) is 16.0 Å². The van der Waals surface area contributed by atoms with Crippen LogP contribution in [0.3, 0.4) is 0 Å². The molecule has 0 spiro atoms. The number of ether oxygens (including phenoxy) is 4. The number of amides is 3. The Bertz CT molecular complexity index is 2460. The molecule has 6 aromatic rings. The summed E-state index contributed by atoms with van der Waals surface area (Å²) < 4.78 is 21.6. The molecule has 0 aliphatic rings. The van der Waals surface area contributed by atoms with E-state index in [9.17, 15) is 19.2 Å². The van der Waals surface area contributed by atoms with Gasteiger partial charge in [-0.2, -0.15) is 0 Å². The van der Waals surface area contributed by atoms with Gasteiger partial charge in [0.2, 0.25) is 11.7 Å². The largest absolute Gasteiger partial charge is 0.493 e. The van der Waals surface area contributed by atoms with Crippen LogP contribution in [0.15, 0.2) is 137 Å². The number of carbonyl (C=O) groups is 4. The molecule has 11 nitrogen and oxygen atoms in total. The third-order valence-corrected chi connectivity index (χ3v) is 11.1. The molecule has 1 atom stereocenters. The van der Waals surface area contributed by atoms with Gasteiger partial charge in [-0.05, 0) is 72.2 Å². The van der Waals surface area contributed by atoms with Gasteiger partial charge in [0.25, 0.3) is 11.8 Å². The van der Waals surface area contributed by atoms with Gasteiger partial charge in [-0.15, -0.1) is 23.1 Å². The van der Waals surface area contributed by atoms with Gasteiger partial charge in [-0.1, -0.05) is 84.4 Å². The molecule has 3 N–H and O–H groups in total. The quantitative estimate of drug-likeness (QED) is 0.0525. The SMILES string of the molecule is COC(=O)c1c(-c2ccc(C)cc2)csc1NC(=O)C(Sc1cccc(NC(=O)/C(=C\c2cc(OC)c(OC)c(OC)c2)NC(=O)c2ccccc2)c1)c1ccccc1. The maximum atomic E-state index is 14.2. The number of thioether (sulfide) groups is 1. The van der Waals surface area contributed by atoms with Gasteiger partial charge in [-0.25, -0.2) is 4.79 Å². The van der Waals surface area contributed by atoms with Crippen molar-refractivity contribution in [2.45, 2.75) is 17.1 Å². The highest BCUT2D eigenvalue weighted by molar-refractivity contribution is 8.00. The lowest BCUT2D eigenvalue weighted by Gasteiger charge is -2.18. The summed E-state index contributed by atoms with van der Waals surface area (Å²) in [6.07, 6.45) is 1.51. The van der Waals surface area contributed by atoms with E-state index in [1.54, 1.807) is 60.7 Å². The monoisotopic (exact) mass is 827 g/mol. The van der Waals surface area contributed by atoms with Gasteiger partial charge in [-0.3, -0.25) is 14.4 Å². The Labute approximate surface area is 350 Å². The summed E-state index contributed by atoms with van der Waals surface area (Å²) in [4.78, 5) is 55.4. The van der Waals surface area contributed by atoms with E-state index >= 15 is 0 Å². The maximum Gasteiger partial charge on any atom is 0.341 e. The molecule has 0 aliphatic heterocycles. The highest BCUT2D eigenvalue weighted by Gasteiger charge is 2.28. The fraction of sp³-hybridized carbons (Fsp3) is 0.130. The molecule has 13 heteroatoms. The van der Waals surface area contributed by atoms with Crippen molar-refractivity contribution in [3.8, 4) is 28.4 Å². The zero-order chi connectivity index (χ0) is 41.9. The lowest BCUT2D eigenvalue weighted by molar-refractivity contribution is -0.116. The Morgan fingerprint density at radius 3 is 2.02 bits per heavy atom. The topological polar surface area (TPSA) is 141 Å². The number of methoxy groups -OCH3 is 4. The van der Waals surface area contributed by atoms with Gasteiger partial charge in [0.1, 0.15) is 21.5 Å². The summed E-state index contributed by atoms with van der Waals surface area (Å²) in [6.45, 7) is 1.98. The number of carbonyl (C=O) groups excluding carboxylic acids is 4. The fourth-order valence-electron chi connectivity index (χ4n) is 6.05. The van der Waals surface area contributed by atoms with E-state index < -0.39 is 23.0 Å². The molecule has 0 saturated carbocycles. The molecule has 0 bridgehead atoms. The van der Waals surface area contributed by atoms with Crippen LogP contribution in [0.1, 0.15) is 42.7 Å². The third kappa shape index (κ3) is 10.2. The van der Waals surface area contributed by atoms with Gasteiger partial charge >= 0.3 is 5.97 Å². The van der Waals surface area contributed by atoms with Crippen LogP contribution < -0.4 is 30.2 Å². The summed E-state index contributed by atoms with van der Waals surface area (Å²) in [5.41, 5.74) is 4.74. The van der Waals surface area contributed by atoms with E-state index in [0.29, 0.717) is 49.5 Å². The average molecular weight is 828 g/mol. The minimum Gasteiger partial charge on any atom is -0.493 e. The number of benzene rings is 5. The Morgan fingerprint density at radius 2 is 1.39 bits per heavy atom. The van der Waals surface area contributed by atoms with Crippen LogP contribution in [-0.4, -0.2) is 52.1 Å². The normalized spacial score (nSPS) is 11.5. The summed E-state index contributed by atoms with van der Waals surface area (Å²) in [7, 11) is 5.76. The highest BCUT2D eigenvalue weighted by Crippen LogP contribution is 2.41. The Balaban J connectivity index is 1.29. The predicted octanol–water partition coefficient (Wildman–Crippen LogP) is 9.42. The van der Waals surface area contributed by atoms with E-state index in [4.69, 9.17) is 18.9 Å². The number of anilines is 2. The van der Waals surface area contributed by atoms with Crippen LogP contribution in [0.25, 0.3) is 17.2 Å². The molecule has 300 valence electrons. The molecular weight excluding hydrogens is 787 g/mol. The second-order valence-electron chi connectivity index (χ2n) is 12.9. The van der Waals surface area contributed by atoms with Crippen molar-refractivity contribution in [2.75, 3.05) is 39.1 Å². The number of hydrogen-bond donors (Lipinski definition) is 3. The number of aryl methyl sites for hydroxylation is 1. The van der Waals surface area contributed by atoms with E-state index in [1.807, 2.05) is 73.0 Å². The van der Waals surface area contributed by atoms with E-state index in [-0.39, 0.29) is 17.2 Å². The summed E-state index contributed by atoms with van der Waals surface area (Å²) in [6, 6.07) is 35.9. The van der Waals surface area contributed by atoms with E-state index in [0.717, 1.165) is 16.7 Å². The van der Waals surface area contributed by atoms with Crippen LogP contribution in [-0.2, 0) is 14.3 Å². The van der Waals surface area contributed by atoms with Crippen molar-refractivity contribution in [1.29, 1.82) is 0 Å². The van der Waals surface area contributed by atoms with Gasteiger partial charge in [0.15, 0.2) is 11.5 Å². The summed E-state index contributed by atoms with van der Waals surface area (Å²) in [5, 5.41) is 10.1. The standard InChI is InChI=1S/C46H41N3O8S2/c1-28-19-21-30(22-20-28)35-27-58-45(39(35)46(53)57-5)49-44(52)41(31-13-8-6-9-14-31)59-34-18-12-17-33(26-34)47-43(51)36(48-42(50)32-15-10-7-11-16-32)23-29-24-37(54-2)40(56-4)38(25-29)55-3/h6-27,41H,1-5H3,(H,47,51)(H,48,50)(H,49,52)/b36-23+. The van der Waals surface area contributed by atoms with Crippen LogP contribution in [0.4, 0.5) is 10.7 Å². The number of thiophene rings is 1. The number of rotatable bonds is 15. The zero-order valence-corrected chi connectivity index (χ0v) is 34.5. The summed E-state index contributed by atoms with van der Waals surface area (Å²) >= 11 is 2.51. The smallest absolute Gasteiger partial charge is 0.341 e. The molecule has 0 radical (unpaired) electrons. The average Bonchev–Trinajstić information content (AvgIpc) is 3.68. The zero-order valence-electron chi connectivity index (χ0n) is 32.9. The molecule has 6 rings (SSSR count). The molecule has 59 heavy (non-hydrogen) atoms. The molecule has 3 amide bonds. The molecule has 5 aromatic carbocycles. The molecule has 1 aromatic heterocycles. The van der Waals surface area contributed by atoms with Crippen molar-refractivity contribution in [1.82, 2.24) is 5.32 Å². The van der Waals surface area contributed by atoms with Crippen molar-refractivity contribution in [2.24, 2.45) is 0 Å². The minimum atomic E-state index is -0.766. The highest BCUT2D eigenvalue weighted by atomic mass is 32.2. The maximum absolute atomic E-state index is 14.2. The van der Waals surface area contributed by atoms with Gasteiger partial charge in [0.05, 0.1) is 28.4 Å². The second kappa shape index (κ2) is 19.5. The lowest BCUT2D eigenvalue weighted by atomic mass is 10.0. The Kier molecular flexibility index (Phi) is 13.8. The number of esters is 1. The molecule has 0 aliphatic carbocycles. The van der Waals surface area contributed by atoms with Crippen LogP contribution in [0.5, 0.6) is 17.2 Å². The molecular formula is C46H41N3O8S2. The van der Waals surface area contributed by atoms with Crippen molar-refractivity contribution >= 4 is 63.6 Å². The molecule has 1 unspecified atom stereocenters. The van der Waals surface area contributed by atoms with Crippen LogP contribution >= 0.6 is 23.1 Å². The first-order valence-electron chi connectivity index (χ1n) is 18.2. The number of nitrogens with one attached hydrogen (secondary N) is 3.